The average Bonchev–Trinajstić information content (AvgIpc) is 3.60. The molecule has 0 saturated carbocycles. The predicted molar refractivity (Wildman–Crippen MR) is 133 cm³/mol. The van der Waals surface area contributed by atoms with Crippen molar-refractivity contribution in [3.8, 4) is 11.5 Å². The van der Waals surface area contributed by atoms with Crippen LogP contribution in [0.5, 0.6) is 11.5 Å². The number of aromatic nitrogens is 1. The SMILES string of the molecule is CN(C)CC(=O)Nc1ccc(C(=O)N2CCc3c([nH]c4ccccc34)C2c2ccc3c(c2)OCO3)o1. The van der Waals surface area contributed by atoms with E-state index in [4.69, 9.17) is 13.9 Å². The summed E-state index contributed by atoms with van der Waals surface area (Å²) in [5.41, 5.74) is 4.12. The van der Waals surface area contributed by atoms with E-state index < -0.39 is 0 Å². The van der Waals surface area contributed by atoms with Gasteiger partial charge in [-0.05, 0) is 55.9 Å². The van der Waals surface area contributed by atoms with Gasteiger partial charge in [0.25, 0.3) is 5.91 Å². The van der Waals surface area contributed by atoms with Gasteiger partial charge in [0.15, 0.2) is 23.1 Å². The Labute approximate surface area is 207 Å². The van der Waals surface area contributed by atoms with E-state index in [1.165, 1.54) is 5.56 Å². The van der Waals surface area contributed by atoms with E-state index in [1.54, 1.807) is 21.9 Å². The Kier molecular flexibility index (Phi) is 5.41. The first-order valence-electron chi connectivity index (χ1n) is 11.8. The second-order valence-corrected chi connectivity index (χ2v) is 9.28. The summed E-state index contributed by atoms with van der Waals surface area (Å²) in [4.78, 5) is 33.0. The van der Waals surface area contributed by atoms with Crippen LogP contribution < -0.4 is 14.8 Å². The van der Waals surface area contributed by atoms with Crippen molar-refractivity contribution < 1.29 is 23.5 Å². The molecule has 2 aliphatic heterocycles. The molecule has 184 valence electrons. The molecule has 2 aromatic carbocycles. The number of anilines is 1. The fraction of sp³-hybridized carbons (Fsp3) is 0.259. The minimum atomic E-state index is -0.375. The van der Waals surface area contributed by atoms with E-state index in [1.807, 2.05) is 50.5 Å². The first-order valence-corrected chi connectivity index (χ1v) is 11.8. The zero-order valence-corrected chi connectivity index (χ0v) is 20.0. The summed E-state index contributed by atoms with van der Waals surface area (Å²) in [7, 11) is 3.61. The number of aromatic amines is 1. The van der Waals surface area contributed by atoms with E-state index in [9.17, 15) is 9.59 Å². The number of amides is 2. The van der Waals surface area contributed by atoms with Crippen LogP contribution in [-0.4, -0.2) is 60.6 Å². The topological polar surface area (TPSA) is 100 Å². The van der Waals surface area contributed by atoms with Gasteiger partial charge in [-0.15, -0.1) is 0 Å². The summed E-state index contributed by atoms with van der Waals surface area (Å²) >= 11 is 0. The number of likely N-dealkylation sites (N-methyl/N-ethyl adjacent to an activating group) is 1. The number of para-hydroxylation sites is 1. The van der Waals surface area contributed by atoms with E-state index in [0.29, 0.717) is 24.5 Å². The summed E-state index contributed by atoms with van der Waals surface area (Å²) in [5, 5.41) is 3.86. The van der Waals surface area contributed by atoms with E-state index in [2.05, 4.69) is 16.4 Å². The van der Waals surface area contributed by atoms with Gasteiger partial charge in [0.2, 0.25) is 12.7 Å². The zero-order valence-electron chi connectivity index (χ0n) is 20.0. The van der Waals surface area contributed by atoms with Crippen LogP contribution in [0.15, 0.2) is 59.0 Å². The van der Waals surface area contributed by atoms with Gasteiger partial charge in [0.05, 0.1) is 12.6 Å². The summed E-state index contributed by atoms with van der Waals surface area (Å²) in [5.74, 6) is 1.29. The highest BCUT2D eigenvalue weighted by Gasteiger charge is 2.36. The second kappa shape index (κ2) is 8.76. The molecular formula is C27H26N4O5. The lowest BCUT2D eigenvalue weighted by Gasteiger charge is -2.35. The van der Waals surface area contributed by atoms with Crippen LogP contribution in [0, 0.1) is 0 Å². The van der Waals surface area contributed by atoms with Gasteiger partial charge >= 0.3 is 0 Å². The molecule has 0 saturated heterocycles. The quantitative estimate of drug-likeness (QED) is 0.445. The molecule has 9 heteroatoms. The summed E-state index contributed by atoms with van der Waals surface area (Å²) in [6.45, 7) is 0.902. The fourth-order valence-corrected chi connectivity index (χ4v) is 5.02. The third kappa shape index (κ3) is 3.87. The Balaban J connectivity index is 1.37. The molecule has 1 unspecified atom stereocenters. The van der Waals surface area contributed by atoms with Crippen LogP contribution in [-0.2, 0) is 11.2 Å². The number of H-pyrrole nitrogens is 1. The molecule has 4 heterocycles. The third-order valence-corrected chi connectivity index (χ3v) is 6.55. The number of nitrogens with one attached hydrogen (secondary N) is 2. The maximum Gasteiger partial charge on any atom is 0.290 e. The van der Waals surface area contributed by atoms with Gasteiger partial charge in [-0.25, -0.2) is 0 Å². The van der Waals surface area contributed by atoms with Crippen molar-refractivity contribution in [1.29, 1.82) is 0 Å². The van der Waals surface area contributed by atoms with Crippen molar-refractivity contribution in [2.24, 2.45) is 0 Å². The largest absolute Gasteiger partial charge is 0.454 e. The van der Waals surface area contributed by atoms with Crippen molar-refractivity contribution in [1.82, 2.24) is 14.8 Å². The molecule has 2 aliphatic rings. The fourth-order valence-electron chi connectivity index (χ4n) is 5.02. The van der Waals surface area contributed by atoms with Gasteiger partial charge in [-0.3, -0.25) is 14.9 Å². The smallest absolute Gasteiger partial charge is 0.290 e. The highest BCUT2D eigenvalue weighted by Crippen LogP contribution is 2.42. The molecule has 2 amide bonds. The average molecular weight is 487 g/mol. The molecule has 2 aromatic heterocycles. The highest BCUT2D eigenvalue weighted by molar-refractivity contribution is 5.95. The van der Waals surface area contributed by atoms with Crippen molar-refractivity contribution in [3.63, 3.8) is 0 Å². The lowest BCUT2D eigenvalue weighted by molar-refractivity contribution is -0.116. The molecule has 0 bridgehead atoms. The molecule has 0 spiro atoms. The molecule has 36 heavy (non-hydrogen) atoms. The minimum absolute atomic E-state index is 0.167. The van der Waals surface area contributed by atoms with Crippen molar-refractivity contribution >= 4 is 28.6 Å². The van der Waals surface area contributed by atoms with Crippen molar-refractivity contribution in [2.75, 3.05) is 39.3 Å². The lowest BCUT2D eigenvalue weighted by atomic mass is 9.92. The molecule has 6 rings (SSSR count). The summed E-state index contributed by atoms with van der Waals surface area (Å²) < 4.78 is 16.9. The minimum Gasteiger partial charge on any atom is -0.454 e. The Morgan fingerprint density at radius 2 is 1.92 bits per heavy atom. The summed E-state index contributed by atoms with van der Waals surface area (Å²) in [6.07, 6.45) is 0.708. The number of fused-ring (bicyclic) bond motifs is 4. The number of hydrogen-bond donors (Lipinski definition) is 2. The standard InChI is InChI=1S/C27H26N4O5/c1-30(2)14-23(32)29-24-10-9-21(36-24)27(33)31-12-11-18-17-5-3-4-6-19(17)28-25(18)26(31)16-7-8-20-22(13-16)35-15-34-20/h3-10,13,26,28H,11-12,14-15H2,1-2H3,(H,29,32). The van der Waals surface area contributed by atoms with E-state index in [-0.39, 0.29) is 42.8 Å². The third-order valence-electron chi connectivity index (χ3n) is 6.55. The number of benzene rings is 2. The second-order valence-electron chi connectivity index (χ2n) is 9.28. The van der Waals surface area contributed by atoms with Crippen molar-refractivity contribution in [3.05, 3.63) is 77.2 Å². The predicted octanol–water partition coefficient (Wildman–Crippen LogP) is 3.78. The van der Waals surface area contributed by atoms with Gasteiger partial charge in [-0.2, -0.15) is 0 Å². The van der Waals surface area contributed by atoms with Gasteiger partial charge in [-0.1, -0.05) is 24.3 Å². The number of hydrogen-bond acceptors (Lipinski definition) is 6. The maximum atomic E-state index is 13.8. The molecular weight excluding hydrogens is 460 g/mol. The normalized spacial score (nSPS) is 16.4. The van der Waals surface area contributed by atoms with Gasteiger partial charge < -0.3 is 28.7 Å². The van der Waals surface area contributed by atoms with Crippen LogP contribution in [0.4, 0.5) is 5.88 Å². The number of ether oxygens (including phenoxy) is 2. The monoisotopic (exact) mass is 486 g/mol. The number of nitrogens with zero attached hydrogens (tertiary/aromatic N) is 2. The van der Waals surface area contributed by atoms with E-state index >= 15 is 0 Å². The van der Waals surface area contributed by atoms with Crippen LogP contribution in [0.25, 0.3) is 10.9 Å². The molecule has 1 atom stereocenters. The van der Waals surface area contributed by atoms with Gasteiger partial charge in [0.1, 0.15) is 0 Å². The number of carbonyl (C=O) groups excluding carboxylic acids is 2. The molecule has 0 radical (unpaired) electrons. The van der Waals surface area contributed by atoms with Gasteiger partial charge in [0, 0.05) is 29.2 Å². The lowest BCUT2D eigenvalue weighted by Crippen LogP contribution is -2.40. The van der Waals surface area contributed by atoms with E-state index in [0.717, 1.165) is 22.2 Å². The van der Waals surface area contributed by atoms with Crippen LogP contribution >= 0.6 is 0 Å². The number of rotatable bonds is 5. The number of furan rings is 1. The van der Waals surface area contributed by atoms with Crippen LogP contribution in [0.1, 0.15) is 33.4 Å². The first kappa shape index (κ1) is 22.2. The Morgan fingerprint density at radius 3 is 2.78 bits per heavy atom. The Hall–Kier alpha value is -4.24. The molecule has 9 nitrogen and oxygen atoms in total. The van der Waals surface area contributed by atoms with Crippen molar-refractivity contribution in [2.45, 2.75) is 12.5 Å². The first-order chi connectivity index (χ1) is 17.5. The number of carbonyl (C=O) groups is 2. The maximum absolute atomic E-state index is 13.8. The summed E-state index contributed by atoms with van der Waals surface area (Å²) in [6, 6.07) is 16.8. The van der Waals surface area contributed by atoms with Crippen LogP contribution in [0.2, 0.25) is 0 Å². The Bertz CT molecular complexity index is 1470. The molecule has 0 fully saturated rings. The molecule has 2 N–H and O–H groups in total. The highest BCUT2D eigenvalue weighted by atomic mass is 16.7. The molecule has 0 aliphatic carbocycles. The zero-order chi connectivity index (χ0) is 24.8. The van der Waals surface area contributed by atoms with Crippen LogP contribution in [0.3, 0.4) is 0 Å². The Morgan fingerprint density at radius 1 is 1.08 bits per heavy atom. The molecule has 4 aromatic rings.